The number of carbonyl (C=O) groups is 2. The quantitative estimate of drug-likeness (QED) is 0.219. The number of esters is 2. The molecule has 0 aromatic rings. The number of ether oxygens (including phenoxy) is 2. The van der Waals surface area contributed by atoms with Gasteiger partial charge in [0.25, 0.3) is 0 Å². The Morgan fingerprint density at radius 1 is 0.654 bits per heavy atom. The van der Waals surface area contributed by atoms with Crippen molar-refractivity contribution in [2.24, 2.45) is 11.8 Å². The molecule has 0 aromatic carbocycles. The van der Waals surface area contributed by atoms with Crippen molar-refractivity contribution in [2.45, 2.75) is 92.9 Å². The summed E-state index contributed by atoms with van der Waals surface area (Å²) >= 11 is 0. The maximum atomic E-state index is 12.6. The molecule has 4 nitrogen and oxygen atoms in total. The Hall–Kier alpha value is -1.32. The van der Waals surface area contributed by atoms with E-state index in [1.54, 1.807) is 0 Å². The molecule has 26 heavy (non-hydrogen) atoms. The van der Waals surface area contributed by atoms with E-state index in [0.29, 0.717) is 37.2 Å². The van der Waals surface area contributed by atoms with Crippen LogP contribution >= 0.6 is 0 Å². The predicted octanol–water partition coefficient (Wildman–Crippen LogP) is 5.84. The third kappa shape index (κ3) is 11.3. The van der Waals surface area contributed by atoms with Gasteiger partial charge >= 0.3 is 11.9 Å². The van der Waals surface area contributed by atoms with Crippen LogP contribution in [0.5, 0.6) is 0 Å². The summed E-state index contributed by atoms with van der Waals surface area (Å²) in [5.41, 5.74) is 1.04. The molecule has 0 N–H and O–H groups in total. The Kier molecular flexibility index (Phi) is 14.1. The molecule has 0 heterocycles. The van der Waals surface area contributed by atoms with Crippen LogP contribution in [0.15, 0.2) is 11.1 Å². The molecule has 0 spiro atoms. The van der Waals surface area contributed by atoms with Crippen LogP contribution in [-0.2, 0) is 19.1 Å². The number of rotatable bonds is 14. The van der Waals surface area contributed by atoms with E-state index in [-0.39, 0.29) is 23.8 Å². The lowest BCUT2D eigenvalue weighted by Crippen LogP contribution is -2.19. The first kappa shape index (κ1) is 24.7. The topological polar surface area (TPSA) is 52.6 Å². The highest BCUT2D eigenvalue weighted by Gasteiger charge is 2.23. The van der Waals surface area contributed by atoms with E-state index in [4.69, 9.17) is 9.47 Å². The second-order valence-electron chi connectivity index (χ2n) is 7.86. The Morgan fingerprint density at radius 3 is 1.54 bits per heavy atom. The zero-order chi connectivity index (χ0) is 19.9. The molecule has 0 unspecified atom stereocenters. The predicted molar refractivity (Wildman–Crippen MR) is 107 cm³/mol. The average Bonchev–Trinajstić information content (AvgIpc) is 2.59. The number of hydrogen-bond donors (Lipinski definition) is 0. The van der Waals surface area contributed by atoms with E-state index in [2.05, 4.69) is 6.92 Å². The normalized spacial score (nSPS) is 12.3. The maximum absolute atomic E-state index is 12.6. The fourth-order valence-electron chi connectivity index (χ4n) is 2.57. The standard InChI is InChI=1S/C22H40O4/c1-7-9-10-11-12-14-20(22(24)26-16-18(5)6)19(13-8-2)21(23)25-15-17(3)4/h17-18H,7-16H2,1-6H3/b20-19-. The summed E-state index contributed by atoms with van der Waals surface area (Å²) in [4.78, 5) is 25.2. The van der Waals surface area contributed by atoms with Gasteiger partial charge in [0.15, 0.2) is 0 Å². The van der Waals surface area contributed by atoms with E-state index < -0.39 is 0 Å². The first-order valence-corrected chi connectivity index (χ1v) is 10.4. The molecule has 0 amide bonds. The SMILES string of the molecule is CCCCCCC/C(C(=O)OCC(C)C)=C(\CCC)C(=O)OCC(C)C. The molecule has 152 valence electrons. The summed E-state index contributed by atoms with van der Waals surface area (Å²) in [7, 11) is 0. The Bertz CT molecular complexity index is 435. The van der Waals surface area contributed by atoms with Crippen LogP contribution in [0.1, 0.15) is 92.9 Å². The summed E-state index contributed by atoms with van der Waals surface area (Å²) in [6.07, 6.45) is 7.45. The molecule has 0 saturated heterocycles. The van der Waals surface area contributed by atoms with Gasteiger partial charge in [-0.25, -0.2) is 9.59 Å². The second-order valence-corrected chi connectivity index (χ2v) is 7.86. The van der Waals surface area contributed by atoms with Crippen molar-refractivity contribution in [3.05, 3.63) is 11.1 Å². The lowest BCUT2D eigenvalue weighted by atomic mass is 9.97. The fraction of sp³-hybridized carbons (Fsp3) is 0.818. The van der Waals surface area contributed by atoms with Crippen LogP contribution < -0.4 is 0 Å². The van der Waals surface area contributed by atoms with Gasteiger partial charge in [0.2, 0.25) is 0 Å². The lowest BCUT2D eigenvalue weighted by molar-refractivity contribution is -0.143. The van der Waals surface area contributed by atoms with E-state index in [0.717, 1.165) is 25.7 Å². The van der Waals surface area contributed by atoms with Crippen molar-refractivity contribution < 1.29 is 19.1 Å². The molecule has 0 fully saturated rings. The minimum Gasteiger partial charge on any atom is -0.462 e. The highest BCUT2D eigenvalue weighted by Crippen LogP contribution is 2.22. The van der Waals surface area contributed by atoms with Crippen LogP contribution in [0.3, 0.4) is 0 Å². The van der Waals surface area contributed by atoms with Gasteiger partial charge in [-0.1, -0.05) is 73.6 Å². The summed E-state index contributed by atoms with van der Waals surface area (Å²) < 4.78 is 10.9. The van der Waals surface area contributed by atoms with E-state index in [9.17, 15) is 9.59 Å². The largest absolute Gasteiger partial charge is 0.462 e. The third-order valence-electron chi connectivity index (χ3n) is 3.98. The fourth-order valence-corrected chi connectivity index (χ4v) is 2.57. The van der Waals surface area contributed by atoms with Gasteiger partial charge in [0.1, 0.15) is 0 Å². The molecule has 4 heteroatoms. The molecule has 0 saturated carbocycles. The molecule has 0 aliphatic heterocycles. The van der Waals surface area contributed by atoms with Crippen molar-refractivity contribution in [1.29, 1.82) is 0 Å². The summed E-state index contributed by atoms with van der Waals surface area (Å²) in [6, 6.07) is 0. The van der Waals surface area contributed by atoms with E-state index in [1.165, 1.54) is 12.8 Å². The Labute approximate surface area is 160 Å². The summed E-state index contributed by atoms with van der Waals surface area (Å²) in [6.45, 7) is 12.9. The van der Waals surface area contributed by atoms with Gasteiger partial charge in [-0.2, -0.15) is 0 Å². The van der Waals surface area contributed by atoms with Gasteiger partial charge in [0, 0.05) is 11.1 Å². The smallest absolute Gasteiger partial charge is 0.334 e. The lowest BCUT2D eigenvalue weighted by Gasteiger charge is -2.16. The number of unbranched alkanes of at least 4 members (excludes halogenated alkanes) is 4. The minimum atomic E-state index is -0.356. The van der Waals surface area contributed by atoms with Gasteiger partial charge in [-0.05, 0) is 31.1 Å². The maximum Gasteiger partial charge on any atom is 0.334 e. The Balaban J connectivity index is 5.27. The van der Waals surface area contributed by atoms with E-state index >= 15 is 0 Å². The Morgan fingerprint density at radius 2 is 1.12 bits per heavy atom. The van der Waals surface area contributed by atoms with E-state index in [1.807, 2.05) is 34.6 Å². The summed E-state index contributed by atoms with van der Waals surface area (Å²) in [5, 5.41) is 0. The van der Waals surface area contributed by atoms with Crippen molar-refractivity contribution in [1.82, 2.24) is 0 Å². The average molecular weight is 369 g/mol. The molecule has 0 aliphatic rings. The molecule has 0 radical (unpaired) electrons. The molecule has 0 atom stereocenters. The van der Waals surface area contributed by atoms with Crippen LogP contribution in [-0.4, -0.2) is 25.2 Å². The molecule has 0 aliphatic carbocycles. The monoisotopic (exact) mass is 368 g/mol. The first-order chi connectivity index (χ1) is 12.3. The molecule has 0 aromatic heterocycles. The minimum absolute atomic E-state index is 0.271. The van der Waals surface area contributed by atoms with Crippen molar-refractivity contribution >= 4 is 11.9 Å². The molecular formula is C22H40O4. The summed E-state index contributed by atoms with van der Waals surface area (Å²) in [5.74, 6) is -0.163. The van der Waals surface area contributed by atoms with Gasteiger partial charge in [0.05, 0.1) is 13.2 Å². The van der Waals surface area contributed by atoms with Gasteiger partial charge in [-0.3, -0.25) is 0 Å². The van der Waals surface area contributed by atoms with Crippen LogP contribution in [0.2, 0.25) is 0 Å². The first-order valence-electron chi connectivity index (χ1n) is 10.4. The molecule has 0 rings (SSSR count). The van der Waals surface area contributed by atoms with Crippen LogP contribution in [0, 0.1) is 11.8 Å². The highest BCUT2D eigenvalue weighted by molar-refractivity contribution is 6.00. The zero-order valence-electron chi connectivity index (χ0n) is 17.9. The van der Waals surface area contributed by atoms with Crippen LogP contribution in [0.25, 0.3) is 0 Å². The molecular weight excluding hydrogens is 328 g/mol. The van der Waals surface area contributed by atoms with Crippen LogP contribution in [0.4, 0.5) is 0 Å². The highest BCUT2D eigenvalue weighted by atomic mass is 16.5. The van der Waals surface area contributed by atoms with Gasteiger partial charge < -0.3 is 9.47 Å². The van der Waals surface area contributed by atoms with Gasteiger partial charge in [-0.15, -0.1) is 0 Å². The zero-order valence-corrected chi connectivity index (χ0v) is 17.9. The van der Waals surface area contributed by atoms with Crippen molar-refractivity contribution in [2.75, 3.05) is 13.2 Å². The number of hydrogen-bond acceptors (Lipinski definition) is 4. The second kappa shape index (κ2) is 14.8. The van der Waals surface area contributed by atoms with Crippen molar-refractivity contribution in [3.8, 4) is 0 Å². The van der Waals surface area contributed by atoms with Crippen molar-refractivity contribution in [3.63, 3.8) is 0 Å². The third-order valence-corrected chi connectivity index (χ3v) is 3.98. The molecule has 0 bridgehead atoms. The number of carbonyl (C=O) groups excluding carboxylic acids is 2.